The Bertz CT molecular complexity index is 293. The molecule has 0 aromatic heterocycles. The van der Waals surface area contributed by atoms with E-state index in [0.717, 1.165) is 23.0 Å². The average Bonchev–Trinajstić information content (AvgIpc) is 2.62. The highest BCUT2D eigenvalue weighted by atomic mass is 32.2. The van der Waals surface area contributed by atoms with Gasteiger partial charge in [-0.1, -0.05) is 6.92 Å². The molecule has 1 saturated heterocycles. The molecular formula is C11H19NO3S3. The maximum absolute atomic E-state index is 12.2. The molecule has 0 radical (unpaired) electrons. The maximum Gasteiger partial charge on any atom is 0.323 e. The van der Waals surface area contributed by atoms with E-state index in [1.54, 1.807) is 30.4 Å². The lowest BCUT2D eigenvalue weighted by molar-refractivity contribution is -0.147. The van der Waals surface area contributed by atoms with Crippen molar-refractivity contribution >= 4 is 48.0 Å². The van der Waals surface area contributed by atoms with E-state index in [-0.39, 0.29) is 24.4 Å². The second-order valence-corrected chi connectivity index (χ2v) is 6.91. The van der Waals surface area contributed by atoms with E-state index < -0.39 is 5.97 Å². The van der Waals surface area contributed by atoms with E-state index in [0.29, 0.717) is 5.75 Å². The summed E-state index contributed by atoms with van der Waals surface area (Å²) in [5, 5.41) is 8.96. The van der Waals surface area contributed by atoms with Gasteiger partial charge in [-0.15, -0.1) is 0 Å². The van der Waals surface area contributed by atoms with Crippen LogP contribution in [0.25, 0.3) is 0 Å². The van der Waals surface area contributed by atoms with Crippen LogP contribution in [0.2, 0.25) is 0 Å². The van der Waals surface area contributed by atoms with Gasteiger partial charge in [0.25, 0.3) is 0 Å². The predicted octanol–water partition coefficient (Wildman–Crippen LogP) is 1.31. The van der Waals surface area contributed by atoms with Crippen LogP contribution in [0.3, 0.4) is 0 Å². The van der Waals surface area contributed by atoms with E-state index in [1.807, 2.05) is 0 Å². The van der Waals surface area contributed by atoms with Crippen molar-refractivity contribution in [2.45, 2.75) is 13.0 Å². The summed E-state index contributed by atoms with van der Waals surface area (Å²) >= 11 is 7.70. The van der Waals surface area contributed by atoms with Gasteiger partial charge in [0.2, 0.25) is 5.91 Å². The number of thioether (sulfide) groups is 2. The molecule has 1 rings (SSSR count). The molecule has 0 aliphatic carbocycles. The van der Waals surface area contributed by atoms with Crippen molar-refractivity contribution < 1.29 is 14.7 Å². The Balaban J connectivity index is 2.75. The van der Waals surface area contributed by atoms with Crippen molar-refractivity contribution in [2.24, 2.45) is 5.92 Å². The largest absolute Gasteiger partial charge is 0.480 e. The third-order valence-corrected chi connectivity index (χ3v) is 5.75. The van der Waals surface area contributed by atoms with Crippen LogP contribution in [-0.2, 0) is 9.59 Å². The fourth-order valence-corrected chi connectivity index (χ4v) is 4.40. The number of amides is 1. The first-order chi connectivity index (χ1) is 8.56. The van der Waals surface area contributed by atoms with Gasteiger partial charge in [-0.3, -0.25) is 9.59 Å². The van der Waals surface area contributed by atoms with Crippen LogP contribution in [0, 0.1) is 5.92 Å². The first kappa shape index (κ1) is 16.0. The molecule has 7 heteroatoms. The Labute approximate surface area is 122 Å². The van der Waals surface area contributed by atoms with Crippen LogP contribution >= 0.6 is 36.2 Å². The van der Waals surface area contributed by atoms with E-state index >= 15 is 0 Å². The lowest BCUT2D eigenvalue weighted by Crippen LogP contribution is -2.48. The Hall–Kier alpha value is -0.0100. The highest BCUT2D eigenvalue weighted by Gasteiger charge is 2.29. The highest BCUT2D eigenvalue weighted by molar-refractivity contribution is 8.03. The predicted molar refractivity (Wildman–Crippen MR) is 80.8 cm³/mol. The number of thiol groups is 1. The lowest BCUT2D eigenvalue weighted by atomic mass is 10.1. The minimum Gasteiger partial charge on any atom is -0.480 e. The molecule has 4 nitrogen and oxygen atoms in total. The van der Waals surface area contributed by atoms with Crippen LogP contribution in [0.4, 0.5) is 0 Å². The van der Waals surface area contributed by atoms with Gasteiger partial charge in [0.1, 0.15) is 6.54 Å². The minimum atomic E-state index is -0.950. The molecule has 0 spiro atoms. The molecule has 0 bridgehead atoms. The van der Waals surface area contributed by atoms with Crippen molar-refractivity contribution in [1.82, 2.24) is 4.90 Å². The van der Waals surface area contributed by atoms with Gasteiger partial charge in [-0.2, -0.15) is 36.2 Å². The van der Waals surface area contributed by atoms with Crippen LogP contribution in [0.5, 0.6) is 0 Å². The topological polar surface area (TPSA) is 57.6 Å². The summed E-state index contributed by atoms with van der Waals surface area (Å²) < 4.78 is 0. The van der Waals surface area contributed by atoms with E-state index in [4.69, 9.17) is 5.11 Å². The van der Waals surface area contributed by atoms with Crippen LogP contribution in [0.1, 0.15) is 6.92 Å². The third-order valence-electron chi connectivity index (χ3n) is 2.72. The molecule has 1 atom stereocenters. The van der Waals surface area contributed by atoms with Crippen molar-refractivity contribution in [3.63, 3.8) is 0 Å². The van der Waals surface area contributed by atoms with Gasteiger partial charge in [0, 0.05) is 34.7 Å². The summed E-state index contributed by atoms with van der Waals surface area (Å²) in [7, 11) is 0. The van der Waals surface area contributed by atoms with Crippen molar-refractivity contribution in [1.29, 1.82) is 0 Å². The second-order valence-electron chi connectivity index (χ2n) is 4.25. The number of hydrogen-bond donors (Lipinski definition) is 2. The lowest BCUT2D eigenvalue weighted by Gasteiger charge is -2.31. The zero-order valence-corrected chi connectivity index (χ0v) is 12.9. The van der Waals surface area contributed by atoms with Crippen LogP contribution < -0.4 is 0 Å². The molecular weight excluding hydrogens is 290 g/mol. The van der Waals surface area contributed by atoms with Gasteiger partial charge in [0.15, 0.2) is 0 Å². The van der Waals surface area contributed by atoms with Gasteiger partial charge in [-0.05, 0) is 0 Å². The maximum atomic E-state index is 12.2. The standard InChI is InChI=1S/C11H19NO3S3/c1-8(5-16)11(15)12(4-10(13)14)9-6-17-2-3-18-7-9/h8-9,16H,2-7H2,1H3,(H,13,14). The fourth-order valence-electron chi connectivity index (χ4n) is 1.68. The second kappa shape index (κ2) is 8.22. The fraction of sp³-hybridized carbons (Fsp3) is 0.818. The zero-order valence-electron chi connectivity index (χ0n) is 10.4. The summed E-state index contributed by atoms with van der Waals surface area (Å²) in [6, 6.07) is 0.0217. The molecule has 1 heterocycles. The molecule has 0 aromatic rings. The zero-order chi connectivity index (χ0) is 13.5. The molecule has 0 saturated carbocycles. The summed E-state index contributed by atoms with van der Waals surface area (Å²) in [6.45, 7) is 1.59. The Morgan fingerprint density at radius 3 is 2.39 bits per heavy atom. The number of carboxylic acid groups (broad SMARTS) is 1. The monoisotopic (exact) mass is 309 g/mol. The van der Waals surface area contributed by atoms with Crippen molar-refractivity contribution in [3.8, 4) is 0 Å². The molecule has 1 aliphatic heterocycles. The minimum absolute atomic E-state index is 0.0217. The number of aliphatic carboxylic acids is 1. The van der Waals surface area contributed by atoms with E-state index in [9.17, 15) is 9.59 Å². The summed E-state index contributed by atoms with van der Waals surface area (Å²) in [6.07, 6.45) is 0. The third kappa shape index (κ3) is 4.93. The first-order valence-corrected chi connectivity index (χ1v) is 8.79. The van der Waals surface area contributed by atoms with E-state index in [1.165, 1.54) is 4.90 Å². The van der Waals surface area contributed by atoms with E-state index in [2.05, 4.69) is 12.6 Å². The summed E-state index contributed by atoms with van der Waals surface area (Å²) in [5.41, 5.74) is 0. The van der Waals surface area contributed by atoms with Gasteiger partial charge in [0.05, 0.1) is 6.04 Å². The van der Waals surface area contributed by atoms with Crippen LogP contribution in [0.15, 0.2) is 0 Å². The van der Waals surface area contributed by atoms with Gasteiger partial charge in [-0.25, -0.2) is 0 Å². The van der Waals surface area contributed by atoms with Crippen molar-refractivity contribution in [3.05, 3.63) is 0 Å². The first-order valence-electron chi connectivity index (χ1n) is 5.85. The molecule has 1 aliphatic rings. The number of carbonyl (C=O) groups is 2. The molecule has 1 amide bonds. The number of rotatable bonds is 5. The average molecular weight is 309 g/mol. The number of nitrogens with zero attached hydrogens (tertiary/aromatic N) is 1. The number of carbonyl (C=O) groups excluding carboxylic acids is 1. The quantitative estimate of drug-likeness (QED) is 0.750. The summed E-state index contributed by atoms with van der Waals surface area (Å²) in [5.74, 6) is 2.95. The molecule has 1 unspecified atom stereocenters. The van der Waals surface area contributed by atoms with Gasteiger partial charge >= 0.3 is 5.97 Å². The highest BCUT2D eigenvalue weighted by Crippen LogP contribution is 2.22. The Kier molecular flexibility index (Phi) is 7.33. The molecule has 0 aromatic carbocycles. The molecule has 1 fully saturated rings. The normalized spacial score (nSPS) is 19.0. The van der Waals surface area contributed by atoms with Crippen molar-refractivity contribution in [2.75, 3.05) is 35.3 Å². The van der Waals surface area contributed by atoms with Gasteiger partial charge < -0.3 is 10.0 Å². The Morgan fingerprint density at radius 2 is 1.94 bits per heavy atom. The molecule has 18 heavy (non-hydrogen) atoms. The smallest absolute Gasteiger partial charge is 0.323 e. The number of carboxylic acids is 1. The Morgan fingerprint density at radius 1 is 1.39 bits per heavy atom. The molecule has 104 valence electrons. The van der Waals surface area contributed by atoms with Crippen LogP contribution in [-0.4, -0.2) is 63.2 Å². The molecule has 1 N–H and O–H groups in total. The summed E-state index contributed by atoms with van der Waals surface area (Å²) in [4.78, 5) is 24.7. The SMILES string of the molecule is CC(CS)C(=O)N(CC(=O)O)C1CSCCSC1. The number of hydrogen-bond acceptors (Lipinski definition) is 5.